The maximum absolute atomic E-state index is 9.31. The van der Waals surface area contributed by atoms with Gasteiger partial charge in [-0.05, 0) is 50.7 Å². The molecule has 0 spiro atoms. The Morgan fingerprint density at radius 3 is 2.87 bits per heavy atom. The summed E-state index contributed by atoms with van der Waals surface area (Å²) < 4.78 is 11.3. The van der Waals surface area contributed by atoms with Gasteiger partial charge in [0, 0.05) is 17.1 Å². The average molecular weight is 336 g/mol. The maximum Gasteiger partial charge on any atom is 0.163 e. The van der Waals surface area contributed by atoms with Crippen molar-refractivity contribution in [3.05, 3.63) is 28.4 Å². The fourth-order valence-electron chi connectivity index (χ4n) is 3.05. The Morgan fingerprint density at radius 2 is 2.13 bits per heavy atom. The van der Waals surface area contributed by atoms with Crippen molar-refractivity contribution in [2.45, 2.75) is 45.1 Å². The van der Waals surface area contributed by atoms with Crippen molar-refractivity contribution in [3.63, 3.8) is 0 Å². The van der Waals surface area contributed by atoms with Gasteiger partial charge < -0.3 is 14.6 Å². The molecule has 5 heteroatoms. The van der Waals surface area contributed by atoms with Crippen LogP contribution in [0.1, 0.15) is 37.4 Å². The monoisotopic (exact) mass is 335 g/mol. The molecular formula is C18H22ClNO3. The molecule has 1 aromatic carbocycles. The van der Waals surface area contributed by atoms with Gasteiger partial charge >= 0.3 is 0 Å². The number of fused-ring (bicyclic) bond motifs is 2. The number of hydrogen-bond donors (Lipinski definition) is 1. The maximum atomic E-state index is 9.31. The Morgan fingerprint density at radius 1 is 1.30 bits per heavy atom. The van der Waals surface area contributed by atoms with Crippen LogP contribution in [0.3, 0.4) is 0 Å². The zero-order valence-corrected chi connectivity index (χ0v) is 14.3. The molecular weight excluding hydrogens is 314 g/mol. The topological polar surface area (TPSA) is 51.6 Å². The van der Waals surface area contributed by atoms with E-state index in [1.54, 1.807) is 14.0 Å². The number of nitrogens with zero attached hydrogens (tertiary/aromatic N) is 1. The molecule has 1 N–H and O–H groups in total. The number of aliphatic hydroxyl groups excluding tert-OH is 1. The van der Waals surface area contributed by atoms with Crippen LogP contribution in [0.5, 0.6) is 11.5 Å². The molecule has 3 rings (SSSR count). The number of ether oxygens (including phenoxy) is 2. The number of pyridine rings is 1. The molecule has 1 aliphatic rings. The van der Waals surface area contributed by atoms with Gasteiger partial charge in [0.05, 0.1) is 30.4 Å². The molecule has 0 radical (unpaired) electrons. The van der Waals surface area contributed by atoms with Crippen LogP contribution in [0, 0.1) is 0 Å². The van der Waals surface area contributed by atoms with E-state index < -0.39 is 0 Å². The Kier molecular flexibility index (Phi) is 4.93. The van der Waals surface area contributed by atoms with Crippen molar-refractivity contribution >= 4 is 22.5 Å². The van der Waals surface area contributed by atoms with E-state index in [9.17, 15) is 5.11 Å². The molecule has 1 aliphatic carbocycles. The van der Waals surface area contributed by atoms with Crippen molar-refractivity contribution in [3.8, 4) is 11.5 Å². The average Bonchev–Trinajstić information content (AvgIpc) is 2.99. The minimum absolute atomic E-state index is 0.305. The standard InChI is InChI=1S/C18H22ClNO3/c1-11(21)5-4-8-23-17-10-15-13(9-16(17)22-2)18(19)12-6-3-7-14(12)20-15/h9-11,21H,3-8H2,1-2H3. The lowest BCUT2D eigenvalue weighted by molar-refractivity contribution is 0.169. The van der Waals surface area contributed by atoms with Crippen LogP contribution in [0.25, 0.3) is 10.9 Å². The van der Waals surface area contributed by atoms with Crippen LogP contribution in [-0.4, -0.2) is 29.9 Å². The molecule has 2 aromatic rings. The first-order valence-corrected chi connectivity index (χ1v) is 8.47. The molecule has 0 amide bonds. The van der Waals surface area contributed by atoms with Crippen LogP contribution in [0.2, 0.25) is 5.02 Å². The third-order valence-electron chi connectivity index (χ3n) is 4.25. The van der Waals surface area contributed by atoms with Gasteiger partial charge in [-0.3, -0.25) is 4.98 Å². The first-order chi connectivity index (χ1) is 11.1. The summed E-state index contributed by atoms with van der Waals surface area (Å²) in [4.78, 5) is 4.75. The number of aromatic nitrogens is 1. The fourth-order valence-corrected chi connectivity index (χ4v) is 3.40. The summed E-state index contributed by atoms with van der Waals surface area (Å²) in [6.45, 7) is 2.31. The lowest BCUT2D eigenvalue weighted by Gasteiger charge is -2.14. The van der Waals surface area contributed by atoms with Gasteiger partial charge in [-0.1, -0.05) is 11.6 Å². The van der Waals surface area contributed by atoms with E-state index in [1.807, 2.05) is 12.1 Å². The number of methoxy groups -OCH3 is 1. The molecule has 0 saturated carbocycles. The van der Waals surface area contributed by atoms with E-state index in [0.717, 1.165) is 47.3 Å². The Bertz CT molecular complexity index is 715. The number of hydrogen-bond acceptors (Lipinski definition) is 4. The Balaban J connectivity index is 1.91. The van der Waals surface area contributed by atoms with E-state index in [1.165, 1.54) is 5.56 Å². The summed E-state index contributed by atoms with van der Waals surface area (Å²) in [5, 5.41) is 11.0. The third kappa shape index (κ3) is 3.38. The van der Waals surface area contributed by atoms with Gasteiger partial charge in [-0.25, -0.2) is 0 Å². The fraction of sp³-hybridized carbons (Fsp3) is 0.500. The molecule has 1 atom stereocenters. The molecule has 0 saturated heterocycles. The lowest BCUT2D eigenvalue weighted by Crippen LogP contribution is -2.05. The number of rotatable bonds is 6. The van der Waals surface area contributed by atoms with Gasteiger partial charge in [0.25, 0.3) is 0 Å². The zero-order chi connectivity index (χ0) is 16.4. The van der Waals surface area contributed by atoms with Gasteiger partial charge in [0.15, 0.2) is 11.5 Å². The van der Waals surface area contributed by atoms with E-state index in [-0.39, 0.29) is 6.10 Å². The molecule has 1 heterocycles. The highest BCUT2D eigenvalue weighted by Gasteiger charge is 2.20. The first kappa shape index (κ1) is 16.3. The number of aryl methyl sites for hydroxylation is 1. The second-order valence-electron chi connectivity index (χ2n) is 6.06. The van der Waals surface area contributed by atoms with E-state index in [2.05, 4.69) is 0 Å². The predicted octanol–water partition coefficient (Wildman–Crippen LogP) is 3.93. The van der Waals surface area contributed by atoms with Crippen molar-refractivity contribution in [1.82, 2.24) is 4.98 Å². The first-order valence-electron chi connectivity index (χ1n) is 8.10. The van der Waals surface area contributed by atoms with Gasteiger partial charge in [-0.15, -0.1) is 0 Å². The van der Waals surface area contributed by atoms with Gasteiger partial charge in [-0.2, -0.15) is 0 Å². The van der Waals surface area contributed by atoms with E-state index in [4.69, 9.17) is 26.1 Å². The molecule has 1 unspecified atom stereocenters. The Labute approximate surface area is 141 Å². The molecule has 1 aromatic heterocycles. The summed E-state index contributed by atoms with van der Waals surface area (Å²) in [5.74, 6) is 1.34. The van der Waals surface area contributed by atoms with Crippen molar-refractivity contribution in [2.75, 3.05) is 13.7 Å². The van der Waals surface area contributed by atoms with Crippen molar-refractivity contribution in [1.29, 1.82) is 0 Å². The SMILES string of the molecule is COc1cc2c(Cl)c3c(nc2cc1OCCCC(C)O)CCC3. The van der Waals surface area contributed by atoms with E-state index in [0.29, 0.717) is 24.5 Å². The summed E-state index contributed by atoms with van der Waals surface area (Å²) in [7, 11) is 1.62. The van der Waals surface area contributed by atoms with Gasteiger partial charge in [0.1, 0.15) is 0 Å². The van der Waals surface area contributed by atoms with Crippen LogP contribution in [0.15, 0.2) is 12.1 Å². The van der Waals surface area contributed by atoms with Crippen LogP contribution < -0.4 is 9.47 Å². The number of aliphatic hydroxyl groups is 1. The summed E-state index contributed by atoms with van der Waals surface area (Å²) >= 11 is 6.57. The second kappa shape index (κ2) is 6.93. The summed E-state index contributed by atoms with van der Waals surface area (Å²) in [6.07, 6.45) is 4.29. The molecule has 4 nitrogen and oxygen atoms in total. The second-order valence-corrected chi connectivity index (χ2v) is 6.44. The smallest absolute Gasteiger partial charge is 0.163 e. The minimum Gasteiger partial charge on any atom is -0.493 e. The molecule has 0 aliphatic heterocycles. The van der Waals surface area contributed by atoms with Crippen LogP contribution in [0.4, 0.5) is 0 Å². The molecule has 124 valence electrons. The van der Waals surface area contributed by atoms with E-state index >= 15 is 0 Å². The highest BCUT2D eigenvalue weighted by atomic mass is 35.5. The predicted molar refractivity (Wildman–Crippen MR) is 91.7 cm³/mol. The highest BCUT2D eigenvalue weighted by molar-refractivity contribution is 6.36. The lowest BCUT2D eigenvalue weighted by atomic mass is 10.1. The van der Waals surface area contributed by atoms with Crippen LogP contribution in [-0.2, 0) is 12.8 Å². The molecule has 23 heavy (non-hydrogen) atoms. The summed E-state index contributed by atoms with van der Waals surface area (Å²) in [6, 6.07) is 3.81. The van der Waals surface area contributed by atoms with Gasteiger partial charge in [0.2, 0.25) is 0 Å². The zero-order valence-electron chi connectivity index (χ0n) is 13.6. The third-order valence-corrected chi connectivity index (χ3v) is 4.68. The minimum atomic E-state index is -0.305. The number of halogens is 1. The van der Waals surface area contributed by atoms with Crippen LogP contribution >= 0.6 is 11.6 Å². The Hall–Kier alpha value is -1.52. The molecule has 0 bridgehead atoms. The normalized spacial score (nSPS) is 14.8. The number of benzene rings is 1. The summed E-state index contributed by atoms with van der Waals surface area (Å²) in [5.41, 5.74) is 3.13. The van der Waals surface area contributed by atoms with Crippen molar-refractivity contribution in [2.24, 2.45) is 0 Å². The molecule has 0 fully saturated rings. The largest absolute Gasteiger partial charge is 0.493 e. The highest BCUT2D eigenvalue weighted by Crippen LogP contribution is 2.39. The van der Waals surface area contributed by atoms with Crippen molar-refractivity contribution < 1.29 is 14.6 Å². The quantitative estimate of drug-likeness (QED) is 0.813.